The van der Waals surface area contributed by atoms with E-state index < -0.39 is 32.7 Å². The second-order valence-electron chi connectivity index (χ2n) is 7.34. The molecule has 168 valence electrons. The van der Waals surface area contributed by atoms with Crippen LogP contribution in [0.15, 0.2) is 40.0 Å². The molecule has 0 saturated heterocycles. The summed E-state index contributed by atoms with van der Waals surface area (Å²) in [4.78, 5) is 25.9. The number of hydrogen-bond acceptors (Lipinski definition) is 9. The number of aromatic nitrogens is 2. The number of amides is 1. The highest BCUT2D eigenvalue weighted by atomic mass is 32.2. The number of thiophene rings is 1. The van der Waals surface area contributed by atoms with Gasteiger partial charge in [-0.1, -0.05) is 35.4 Å². The van der Waals surface area contributed by atoms with Gasteiger partial charge < -0.3 is 14.5 Å². The molecule has 32 heavy (non-hydrogen) atoms. The second-order valence-corrected chi connectivity index (χ2v) is 10.3. The molecular formula is C21H21N3O6S2. The maximum Gasteiger partial charge on any atom is 0.341 e. The first-order valence-corrected chi connectivity index (χ1v) is 12.5. The van der Waals surface area contributed by atoms with E-state index in [9.17, 15) is 18.0 Å². The fourth-order valence-electron chi connectivity index (χ4n) is 3.57. The Bertz CT molecular complexity index is 1250. The third kappa shape index (κ3) is 4.73. The van der Waals surface area contributed by atoms with E-state index in [-0.39, 0.29) is 12.3 Å². The van der Waals surface area contributed by atoms with Crippen LogP contribution in [0.4, 0.5) is 5.00 Å². The average Bonchev–Trinajstić information content (AvgIpc) is 3.38. The van der Waals surface area contributed by atoms with Crippen molar-refractivity contribution in [2.24, 2.45) is 0 Å². The van der Waals surface area contributed by atoms with Gasteiger partial charge in [0.25, 0.3) is 0 Å². The summed E-state index contributed by atoms with van der Waals surface area (Å²) in [6.07, 6.45) is 3.75. The summed E-state index contributed by atoms with van der Waals surface area (Å²) in [7, 11) is -2.88. The number of hydrogen-bond donors (Lipinski definition) is 1. The molecule has 11 heteroatoms. The molecule has 3 aromatic rings. The maximum atomic E-state index is 12.6. The van der Waals surface area contributed by atoms with Crippen molar-refractivity contribution in [1.82, 2.24) is 10.2 Å². The van der Waals surface area contributed by atoms with Crippen molar-refractivity contribution in [2.75, 3.05) is 18.2 Å². The molecule has 1 aromatic carbocycles. The predicted molar refractivity (Wildman–Crippen MR) is 117 cm³/mol. The van der Waals surface area contributed by atoms with Crippen LogP contribution in [-0.4, -0.2) is 43.4 Å². The van der Waals surface area contributed by atoms with Crippen LogP contribution in [0, 0.1) is 0 Å². The van der Waals surface area contributed by atoms with Gasteiger partial charge in [0, 0.05) is 4.88 Å². The summed E-state index contributed by atoms with van der Waals surface area (Å²) in [6, 6.07) is 9.26. The Morgan fingerprint density at radius 2 is 1.91 bits per heavy atom. The van der Waals surface area contributed by atoms with Gasteiger partial charge >= 0.3 is 11.2 Å². The van der Waals surface area contributed by atoms with Crippen LogP contribution >= 0.6 is 11.3 Å². The van der Waals surface area contributed by atoms with E-state index in [4.69, 9.17) is 9.15 Å². The molecular weight excluding hydrogens is 454 g/mol. The van der Waals surface area contributed by atoms with E-state index in [0.29, 0.717) is 10.6 Å². The van der Waals surface area contributed by atoms with Crippen LogP contribution in [0.25, 0.3) is 0 Å². The normalized spacial score (nSPS) is 13.4. The molecule has 9 nitrogen and oxygen atoms in total. The molecule has 1 amide bonds. The van der Waals surface area contributed by atoms with E-state index in [2.05, 4.69) is 15.5 Å². The first-order chi connectivity index (χ1) is 15.4. The van der Waals surface area contributed by atoms with Gasteiger partial charge in [-0.15, -0.1) is 16.4 Å². The number of ether oxygens (including phenoxy) is 1. The number of aryl methyl sites for hydroxylation is 1. The molecule has 0 unspecified atom stereocenters. The summed E-state index contributed by atoms with van der Waals surface area (Å²) in [5.74, 6) is -2.10. The first kappa shape index (κ1) is 22.2. The highest BCUT2D eigenvalue weighted by molar-refractivity contribution is 7.91. The number of nitrogens with zero attached hydrogens (tertiary/aromatic N) is 2. The van der Waals surface area contributed by atoms with Crippen molar-refractivity contribution in [3.8, 4) is 0 Å². The summed E-state index contributed by atoms with van der Waals surface area (Å²) < 4.78 is 35.4. The zero-order valence-corrected chi connectivity index (χ0v) is 18.9. The van der Waals surface area contributed by atoms with Gasteiger partial charge in [0.2, 0.25) is 21.6 Å². The second kappa shape index (κ2) is 9.21. The third-order valence-electron chi connectivity index (χ3n) is 5.05. The van der Waals surface area contributed by atoms with Crippen LogP contribution in [0.5, 0.6) is 0 Å². The molecule has 1 aliphatic carbocycles. The van der Waals surface area contributed by atoms with Gasteiger partial charge in [0.05, 0.1) is 19.1 Å². The number of carbonyl (C=O) groups excluding carboxylic acids is 2. The lowest BCUT2D eigenvalue weighted by atomic mass is 9.95. The number of esters is 1. The zero-order chi connectivity index (χ0) is 22.7. The van der Waals surface area contributed by atoms with Gasteiger partial charge in [-0.25, -0.2) is 13.2 Å². The lowest BCUT2D eigenvalue weighted by Crippen LogP contribution is -2.24. The largest absolute Gasteiger partial charge is 0.465 e. The highest BCUT2D eigenvalue weighted by Crippen LogP contribution is 2.38. The summed E-state index contributed by atoms with van der Waals surface area (Å²) in [6.45, 7) is 0. The number of nitrogens with one attached hydrogen (secondary N) is 1. The molecule has 0 atom stereocenters. The Kier molecular flexibility index (Phi) is 6.38. The van der Waals surface area contributed by atoms with E-state index in [1.807, 2.05) is 30.3 Å². The van der Waals surface area contributed by atoms with Crippen LogP contribution in [0.2, 0.25) is 0 Å². The molecule has 4 rings (SSSR count). The van der Waals surface area contributed by atoms with Crippen LogP contribution in [0.1, 0.15) is 45.1 Å². The van der Waals surface area contributed by atoms with Gasteiger partial charge in [0.15, 0.2) is 0 Å². The Morgan fingerprint density at radius 1 is 1.16 bits per heavy atom. The molecule has 0 fully saturated rings. The van der Waals surface area contributed by atoms with Crippen molar-refractivity contribution in [3.63, 3.8) is 0 Å². The molecule has 1 aliphatic rings. The molecule has 0 saturated carbocycles. The number of rotatable bonds is 7. The molecule has 1 N–H and O–H groups in total. The third-order valence-corrected chi connectivity index (χ3v) is 7.59. The molecule has 0 bridgehead atoms. The Labute approximate surface area is 188 Å². The summed E-state index contributed by atoms with van der Waals surface area (Å²) in [5.41, 5.74) is 2.06. The Hall–Kier alpha value is -3.05. The Morgan fingerprint density at radius 3 is 2.66 bits per heavy atom. The quantitative estimate of drug-likeness (QED) is 0.517. The topological polar surface area (TPSA) is 128 Å². The smallest absolute Gasteiger partial charge is 0.341 e. The Balaban J connectivity index is 1.48. The molecule has 2 aromatic heterocycles. The van der Waals surface area contributed by atoms with Crippen molar-refractivity contribution in [2.45, 2.75) is 37.3 Å². The standard InChI is InChI=1S/C21H21N3O6S2/c1-29-20(26)18-14-9-5-6-10-15(14)31-19(18)22-16(25)12-32(27,28)21-24-23-17(30-21)11-13-7-3-2-4-8-13/h2-4,7-8H,5-6,9-12H2,1H3,(H,22,25). The molecule has 0 spiro atoms. The van der Waals surface area contributed by atoms with E-state index >= 15 is 0 Å². The van der Waals surface area contributed by atoms with Gasteiger partial charge in [0.1, 0.15) is 10.8 Å². The fraction of sp³-hybridized carbons (Fsp3) is 0.333. The average molecular weight is 476 g/mol. The number of carbonyl (C=O) groups is 2. The van der Waals surface area contributed by atoms with Crippen LogP contribution in [-0.2, 0) is 38.6 Å². The number of sulfone groups is 1. The highest BCUT2D eigenvalue weighted by Gasteiger charge is 2.30. The number of methoxy groups -OCH3 is 1. The van der Waals surface area contributed by atoms with Crippen molar-refractivity contribution < 1.29 is 27.2 Å². The van der Waals surface area contributed by atoms with Gasteiger partial charge in [-0.3, -0.25) is 4.79 Å². The predicted octanol–water partition coefficient (Wildman–Crippen LogP) is 2.80. The number of fused-ring (bicyclic) bond motifs is 1. The van der Waals surface area contributed by atoms with Gasteiger partial charge in [-0.2, -0.15) is 0 Å². The molecule has 0 aliphatic heterocycles. The minimum absolute atomic E-state index is 0.133. The lowest BCUT2D eigenvalue weighted by molar-refractivity contribution is -0.113. The van der Waals surface area contributed by atoms with Crippen LogP contribution < -0.4 is 5.32 Å². The maximum absolute atomic E-state index is 12.6. The minimum Gasteiger partial charge on any atom is -0.465 e. The van der Waals surface area contributed by atoms with E-state index in [1.165, 1.54) is 18.4 Å². The first-order valence-electron chi connectivity index (χ1n) is 9.99. The minimum atomic E-state index is -4.16. The van der Waals surface area contributed by atoms with Crippen molar-refractivity contribution in [1.29, 1.82) is 0 Å². The fourth-order valence-corrected chi connectivity index (χ4v) is 5.80. The molecule has 0 radical (unpaired) electrons. The van der Waals surface area contributed by atoms with Gasteiger partial charge in [-0.05, 0) is 36.8 Å². The number of benzene rings is 1. The lowest BCUT2D eigenvalue weighted by Gasteiger charge is -2.11. The molecule has 2 heterocycles. The van der Waals surface area contributed by atoms with E-state index in [0.717, 1.165) is 41.7 Å². The zero-order valence-electron chi connectivity index (χ0n) is 17.3. The van der Waals surface area contributed by atoms with E-state index in [1.54, 1.807) is 0 Å². The summed E-state index contributed by atoms with van der Waals surface area (Å²) in [5, 5.41) is 9.63. The van der Waals surface area contributed by atoms with Crippen molar-refractivity contribution in [3.05, 3.63) is 57.8 Å². The SMILES string of the molecule is COC(=O)c1c(NC(=O)CS(=O)(=O)c2nnc(Cc3ccccc3)o2)sc2c1CCCC2. The summed E-state index contributed by atoms with van der Waals surface area (Å²) >= 11 is 1.28. The monoisotopic (exact) mass is 475 g/mol. The van der Waals surface area contributed by atoms with Crippen LogP contribution in [0.3, 0.4) is 0 Å². The van der Waals surface area contributed by atoms with Crippen molar-refractivity contribution >= 4 is 38.1 Å². The number of anilines is 1.